The molecule has 0 aliphatic heterocycles. The van der Waals surface area contributed by atoms with Crippen molar-refractivity contribution < 1.29 is 22.0 Å². The number of carbonyl (C=O) groups excluding carboxylic acids is 1. The molecule has 0 aliphatic carbocycles. The van der Waals surface area contributed by atoms with E-state index in [9.17, 15) is 22.0 Å². The number of alkyl halides is 2. The molecule has 0 atom stereocenters. The number of sulfone groups is 1. The van der Waals surface area contributed by atoms with E-state index in [0.29, 0.717) is 11.6 Å². The van der Waals surface area contributed by atoms with Gasteiger partial charge in [-0.05, 0) is 43.7 Å². The molecule has 0 radical (unpaired) electrons. The number of benzene rings is 2. The van der Waals surface area contributed by atoms with Gasteiger partial charge in [0.2, 0.25) is 9.84 Å². The zero-order valence-electron chi connectivity index (χ0n) is 15.6. The maximum absolute atomic E-state index is 12.6. The number of rotatable bonds is 6. The number of hydrogen-bond acceptors (Lipinski definition) is 5. The van der Waals surface area contributed by atoms with Crippen LogP contribution in [0.4, 0.5) is 13.9 Å². The second-order valence-electron chi connectivity index (χ2n) is 6.47. The first-order valence-electron chi connectivity index (χ1n) is 8.62. The molecule has 0 fully saturated rings. The second kappa shape index (κ2) is 8.38. The van der Waals surface area contributed by atoms with E-state index in [1.165, 1.54) is 29.0 Å². The average molecular weight is 437 g/mol. The van der Waals surface area contributed by atoms with Gasteiger partial charge in [0.15, 0.2) is 5.13 Å². The Morgan fingerprint density at radius 2 is 1.69 bits per heavy atom. The molecule has 2 aromatic carbocycles. The summed E-state index contributed by atoms with van der Waals surface area (Å²) in [6.07, 6.45) is 0.694. The molecular formula is C20H18F2N2O3S2. The minimum atomic E-state index is -4.69. The number of amides is 1. The summed E-state index contributed by atoms with van der Waals surface area (Å²) in [4.78, 5) is 17.2. The molecule has 1 heterocycles. The maximum atomic E-state index is 12.6. The Labute approximate surface area is 171 Å². The number of aryl methyl sites for hydroxylation is 2. The normalized spacial score (nSPS) is 11.6. The van der Waals surface area contributed by atoms with E-state index < -0.39 is 26.4 Å². The Hall–Kier alpha value is -2.65. The highest BCUT2D eigenvalue weighted by Crippen LogP contribution is 2.26. The molecule has 0 unspecified atom stereocenters. The maximum Gasteiger partial charge on any atom is 0.341 e. The van der Waals surface area contributed by atoms with Crippen molar-refractivity contribution in [1.29, 1.82) is 0 Å². The van der Waals surface area contributed by atoms with Gasteiger partial charge in [-0.3, -0.25) is 10.1 Å². The minimum absolute atomic E-state index is 0.145. The molecule has 0 saturated carbocycles. The lowest BCUT2D eigenvalue weighted by atomic mass is 10.1. The van der Waals surface area contributed by atoms with E-state index in [-0.39, 0.29) is 5.56 Å². The van der Waals surface area contributed by atoms with E-state index in [1.54, 1.807) is 0 Å². The molecular weight excluding hydrogens is 418 g/mol. The highest BCUT2D eigenvalue weighted by Gasteiger charge is 2.26. The van der Waals surface area contributed by atoms with Crippen molar-refractivity contribution in [3.8, 4) is 0 Å². The van der Waals surface area contributed by atoms with Crippen molar-refractivity contribution in [2.75, 3.05) is 5.32 Å². The first-order valence-corrected chi connectivity index (χ1v) is 11.0. The van der Waals surface area contributed by atoms with Crippen molar-refractivity contribution in [2.24, 2.45) is 0 Å². The Kier molecular flexibility index (Phi) is 6.09. The summed E-state index contributed by atoms with van der Waals surface area (Å²) < 4.78 is 48.1. The van der Waals surface area contributed by atoms with Crippen LogP contribution in [0.3, 0.4) is 0 Å². The van der Waals surface area contributed by atoms with E-state index >= 15 is 0 Å². The number of aromatic nitrogens is 1. The van der Waals surface area contributed by atoms with E-state index in [4.69, 9.17) is 0 Å². The molecule has 29 heavy (non-hydrogen) atoms. The van der Waals surface area contributed by atoms with Gasteiger partial charge in [0.1, 0.15) is 0 Å². The summed E-state index contributed by atoms with van der Waals surface area (Å²) in [6, 6.07) is 12.5. The fourth-order valence-corrected chi connectivity index (χ4v) is 4.32. The van der Waals surface area contributed by atoms with Gasteiger partial charge in [-0.25, -0.2) is 13.4 Å². The summed E-state index contributed by atoms with van der Waals surface area (Å²) in [5.41, 5.74) is 3.27. The van der Waals surface area contributed by atoms with Gasteiger partial charge in [-0.1, -0.05) is 29.8 Å². The summed E-state index contributed by atoms with van der Waals surface area (Å²) in [6.45, 7) is 3.88. The van der Waals surface area contributed by atoms with Crippen LogP contribution >= 0.6 is 11.3 Å². The summed E-state index contributed by atoms with van der Waals surface area (Å²) in [7, 11) is -4.69. The largest absolute Gasteiger partial charge is 0.341 e. The lowest BCUT2D eigenvalue weighted by Crippen LogP contribution is -2.14. The number of hydrogen-bond donors (Lipinski definition) is 1. The number of anilines is 1. The molecule has 1 amide bonds. The highest BCUT2D eigenvalue weighted by atomic mass is 32.2. The zero-order chi connectivity index (χ0) is 21.2. The molecule has 152 valence electrons. The molecule has 9 heteroatoms. The van der Waals surface area contributed by atoms with Gasteiger partial charge in [0.25, 0.3) is 5.91 Å². The predicted octanol–water partition coefficient (Wildman–Crippen LogP) is 4.60. The number of nitrogens with one attached hydrogen (secondary N) is 1. The Balaban J connectivity index is 1.72. The number of nitrogens with zero attached hydrogens (tertiary/aromatic N) is 1. The lowest BCUT2D eigenvalue weighted by molar-refractivity contribution is 0.102. The smallest absolute Gasteiger partial charge is 0.298 e. The molecule has 0 spiro atoms. The van der Waals surface area contributed by atoms with Gasteiger partial charge in [0.05, 0.1) is 10.6 Å². The number of halogens is 2. The van der Waals surface area contributed by atoms with Crippen LogP contribution in [0, 0.1) is 13.8 Å². The second-order valence-corrected chi connectivity index (χ2v) is 9.48. The predicted molar refractivity (Wildman–Crippen MR) is 108 cm³/mol. The van der Waals surface area contributed by atoms with Gasteiger partial charge in [0, 0.05) is 16.9 Å². The van der Waals surface area contributed by atoms with Crippen LogP contribution < -0.4 is 5.32 Å². The first kappa shape index (κ1) is 21.1. The summed E-state index contributed by atoms with van der Waals surface area (Å²) in [5.74, 6) is -4.01. The van der Waals surface area contributed by atoms with Crippen molar-refractivity contribution in [2.45, 2.75) is 30.9 Å². The summed E-state index contributed by atoms with van der Waals surface area (Å²) >= 11 is 1.35. The van der Waals surface area contributed by atoms with E-state index in [1.807, 2.05) is 38.1 Å². The van der Waals surface area contributed by atoms with Crippen LogP contribution in [-0.4, -0.2) is 25.1 Å². The van der Waals surface area contributed by atoms with Crippen LogP contribution in [0.15, 0.2) is 53.4 Å². The third kappa shape index (κ3) is 4.86. The van der Waals surface area contributed by atoms with Crippen molar-refractivity contribution >= 4 is 32.2 Å². The van der Waals surface area contributed by atoms with Gasteiger partial charge in [-0.15, -0.1) is 11.3 Å². The molecule has 1 aromatic heterocycles. The zero-order valence-corrected chi connectivity index (χ0v) is 17.3. The van der Waals surface area contributed by atoms with Crippen LogP contribution in [0.25, 0.3) is 0 Å². The first-order chi connectivity index (χ1) is 13.7. The molecule has 0 saturated heterocycles. The monoisotopic (exact) mass is 436 g/mol. The third-order valence-corrected chi connectivity index (χ3v) is 6.75. The molecule has 0 bridgehead atoms. The van der Waals surface area contributed by atoms with Gasteiger partial charge in [-0.2, -0.15) is 8.78 Å². The highest BCUT2D eigenvalue weighted by molar-refractivity contribution is 7.91. The molecule has 3 rings (SSSR count). The Bertz CT molecular complexity index is 1120. The van der Waals surface area contributed by atoms with Crippen molar-refractivity contribution in [3.63, 3.8) is 0 Å². The lowest BCUT2D eigenvalue weighted by Gasteiger charge is -2.05. The van der Waals surface area contributed by atoms with Crippen molar-refractivity contribution in [3.05, 3.63) is 75.8 Å². The number of carbonyl (C=O) groups is 1. The number of thiazole rings is 1. The van der Waals surface area contributed by atoms with E-state index in [0.717, 1.165) is 28.3 Å². The SMILES string of the molecule is Cc1ccc(Cc2sc(NC(=O)c3ccc(S(=O)(=O)C(F)F)cc3)nc2C)cc1. The van der Waals surface area contributed by atoms with Gasteiger partial charge >= 0.3 is 5.76 Å². The van der Waals surface area contributed by atoms with Crippen LogP contribution in [0.2, 0.25) is 0 Å². The third-order valence-electron chi connectivity index (χ3n) is 4.28. The van der Waals surface area contributed by atoms with Crippen LogP contribution in [0.1, 0.15) is 32.1 Å². The van der Waals surface area contributed by atoms with Gasteiger partial charge < -0.3 is 0 Å². The molecule has 5 nitrogen and oxygen atoms in total. The Morgan fingerprint density at radius 1 is 1.07 bits per heavy atom. The molecule has 3 aromatic rings. The van der Waals surface area contributed by atoms with Crippen LogP contribution in [-0.2, 0) is 16.3 Å². The van der Waals surface area contributed by atoms with Crippen LogP contribution in [0.5, 0.6) is 0 Å². The molecule has 0 aliphatic rings. The Morgan fingerprint density at radius 3 is 2.28 bits per heavy atom. The van der Waals surface area contributed by atoms with E-state index in [2.05, 4.69) is 10.3 Å². The topological polar surface area (TPSA) is 76.1 Å². The molecule has 1 N–H and O–H groups in total. The standard InChI is InChI=1S/C20H18F2N2O3S2/c1-12-3-5-14(6-4-12)11-17-13(2)23-20(28-17)24-18(25)15-7-9-16(10-8-15)29(26,27)19(21)22/h3-10,19H,11H2,1-2H3,(H,23,24,25). The fraction of sp³-hybridized carbons (Fsp3) is 0.200. The average Bonchev–Trinajstić information content (AvgIpc) is 3.02. The quantitative estimate of drug-likeness (QED) is 0.613. The fourth-order valence-electron chi connectivity index (χ4n) is 2.60. The minimum Gasteiger partial charge on any atom is -0.298 e. The summed E-state index contributed by atoms with van der Waals surface area (Å²) in [5, 5.41) is 3.08. The van der Waals surface area contributed by atoms with Crippen molar-refractivity contribution in [1.82, 2.24) is 4.98 Å².